The van der Waals surface area contributed by atoms with Crippen molar-refractivity contribution in [3.05, 3.63) is 87.9 Å². The smallest absolute Gasteiger partial charge is 0.341 e. The third-order valence-corrected chi connectivity index (χ3v) is 7.36. The number of likely N-dealkylation sites (tertiary alicyclic amines) is 1. The van der Waals surface area contributed by atoms with Gasteiger partial charge in [-0.05, 0) is 86.8 Å². The summed E-state index contributed by atoms with van der Waals surface area (Å²) in [6.45, 7) is 11.9. The minimum absolute atomic E-state index is 0.0346. The van der Waals surface area contributed by atoms with E-state index in [1.807, 2.05) is 19.9 Å². The summed E-state index contributed by atoms with van der Waals surface area (Å²) in [7, 11) is 0. The van der Waals surface area contributed by atoms with Gasteiger partial charge in [0.25, 0.3) is 0 Å². The summed E-state index contributed by atoms with van der Waals surface area (Å²) in [5.74, 6) is -0.477. The summed E-state index contributed by atoms with van der Waals surface area (Å²) >= 11 is 6.28. The molecule has 0 spiro atoms. The van der Waals surface area contributed by atoms with Crippen molar-refractivity contribution < 1.29 is 14.6 Å². The minimum atomic E-state index is -0.996. The second kappa shape index (κ2) is 16.9. The maximum atomic E-state index is 10.6. The first-order chi connectivity index (χ1) is 20.7. The molecule has 1 aromatic heterocycles. The van der Waals surface area contributed by atoms with Gasteiger partial charge in [0.05, 0.1) is 12.1 Å². The van der Waals surface area contributed by atoms with E-state index in [1.165, 1.54) is 29.2 Å². The molecule has 8 nitrogen and oxygen atoms in total. The van der Waals surface area contributed by atoms with Gasteiger partial charge in [-0.15, -0.1) is 0 Å². The summed E-state index contributed by atoms with van der Waals surface area (Å²) in [6.07, 6.45) is 3.38. The zero-order chi connectivity index (χ0) is 31.2. The Morgan fingerprint density at radius 1 is 1.02 bits per heavy atom. The van der Waals surface area contributed by atoms with Gasteiger partial charge in [-0.3, -0.25) is 4.90 Å². The number of hydrogen-bond acceptors (Lipinski definition) is 7. The number of halogens is 1. The van der Waals surface area contributed by atoms with Gasteiger partial charge in [0, 0.05) is 29.6 Å². The Kier molecular flexibility index (Phi) is 13.3. The van der Waals surface area contributed by atoms with Gasteiger partial charge >= 0.3 is 5.97 Å². The zero-order valence-corrected chi connectivity index (χ0v) is 26.4. The number of ether oxygens (including phenoxy) is 1. The highest BCUT2D eigenvalue weighted by Gasteiger charge is 2.17. The van der Waals surface area contributed by atoms with Crippen molar-refractivity contribution >= 4 is 39.2 Å². The van der Waals surface area contributed by atoms with E-state index in [9.17, 15) is 9.70 Å². The highest BCUT2D eigenvalue weighted by Crippen LogP contribution is 2.26. The number of aromatic nitrogens is 1. The van der Waals surface area contributed by atoms with Crippen LogP contribution in [0.25, 0.3) is 21.7 Å². The van der Waals surface area contributed by atoms with Crippen LogP contribution in [-0.4, -0.2) is 59.3 Å². The molecule has 2 N–H and O–H groups in total. The number of fused-ring (bicyclic) bond motifs is 2. The van der Waals surface area contributed by atoms with Gasteiger partial charge < -0.3 is 15.2 Å². The van der Waals surface area contributed by atoms with E-state index < -0.39 is 5.97 Å². The lowest BCUT2D eigenvalue weighted by molar-refractivity contribution is -0.139. The predicted molar refractivity (Wildman–Crippen MR) is 176 cm³/mol. The number of aliphatic carboxylic acids is 1. The van der Waals surface area contributed by atoms with Gasteiger partial charge in [0.15, 0.2) is 6.61 Å². The summed E-state index contributed by atoms with van der Waals surface area (Å²) < 4.78 is 5.21. The molecule has 0 radical (unpaired) electrons. The number of carbonyl (C=O) groups is 1. The van der Waals surface area contributed by atoms with E-state index in [-0.39, 0.29) is 12.1 Å². The molecule has 0 amide bonds. The molecule has 0 saturated carbocycles. The van der Waals surface area contributed by atoms with Crippen molar-refractivity contribution in [2.24, 2.45) is 5.18 Å². The summed E-state index contributed by atoms with van der Waals surface area (Å²) in [5, 5.41) is 18.9. The maximum absolute atomic E-state index is 10.6. The Balaban J connectivity index is 0.000000225. The summed E-state index contributed by atoms with van der Waals surface area (Å²) in [5.41, 5.74) is 3.03. The van der Waals surface area contributed by atoms with Crippen molar-refractivity contribution in [1.82, 2.24) is 15.2 Å². The Morgan fingerprint density at radius 2 is 1.74 bits per heavy atom. The van der Waals surface area contributed by atoms with E-state index >= 15 is 0 Å². The van der Waals surface area contributed by atoms with Crippen LogP contribution in [0, 0.1) is 4.91 Å². The molecule has 1 aliphatic rings. The van der Waals surface area contributed by atoms with E-state index in [4.69, 9.17) is 21.4 Å². The molecule has 9 heteroatoms. The van der Waals surface area contributed by atoms with E-state index in [2.05, 4.69) is 76.7 Å². The fourth-order valence-electron chi connectivity index (χ4n) is 5.06. The number of benzene rings is 3. The number of rotatable bonds is 11. The standard InChI is InChI=1S/C16H17ClN2O3.C16H20N2O.C2H6/c17-16-12(9-19-5-1-2-6-19)7-11-8-13(22-10-15(20)21)3-4-14(11)18-16;1-16(2,17-9-10-18-19)12-13-7-8-14-5-3-4-6-15(14)11-13;1-2/h3-4,7-8H,1-2,5-6,9-10H2,(H,20,21);3-8,11,17H,9-10,12H2,1-2H3;1-2H3. The van der Waals surface area contributed by atoms with Crippen LogP contribution in [0.2, 0.25) is 5.15 Å². The van der Waals surface area contributed by atoms with Crippen molar-refractivity contribution in [3.63, 3.8) is 0 Å². The first-order valence-electron chi connectivity index (χ1n) is 14.9. The quantitative estimate of drug-likeness (QED) is 0.103. The monoisotopic (exact) mass is 606 g/mol. The Bertz CT molecular complexity index is 1490. The number of nitrogens with one attached hydrogen (secondary N) is 1. The highest BCUT2D eigenvalue weighted by molar-refractivity contribution is 6.30. The first kappa shape index (κ1) is 33.9. The fraction of sp³-hybridized carbons (Fsp3) is 0.412. The SMILES string of the molecule is CC.CC(C)(Cc1ccc2ccccc2c1)NCCN=O.O=C(O)COc1ccc2nc(Cl)c(CN3CCCC3)cc2c1. The second-order valence-electron chi connectivity index (χ2n) is 11.0. The molecule has 0 atom stereocenters. The van der Waals surface area contributed by atoms with Gasteiger partial charge in [-0.25, -0.2) is 9.78 Å². The molecule has 4 aromatic rings. The van der Waals surface area contributed by atoms with Gasteiger partial charge in [0.2, 0.25) is 0 Å². The summed E-state index contributed by atoms with van der Waals surface area (Å²) in [6, 6.07) is 22.2. The zero-order valence-electron chi connectivity index (χ0n) is 25.6. The van der Waals surface area contributed by atoms with Crippen LogP contribution in [0.1, 0.15) is 51.7 Å². The maximum Gasteiger partial charge on any atom is 0.341 e. The van der Waals surface area contributed by atoms with E-state index in [0.717, 1.165) is 42.5 Å². The molecule has 5 rings (SSSR count). The first-order valence-corrected chi connectivity index (χ1v) is 15.3. The van der Waals surface area contributed by atoms with E-state index in [1.54, 1.807) is 18.2 Å². The minimum Gasteiger partial charge on any atom is -0.482 e. The molecule has 2 heterocycles. The van der Waals surface area contributed by atoms with Gasteiger partial charge in [0.1, 0.15) is 10.9 Å². The number of nitrogens with zero attached hydrogens (tertiary/aromatic N) is 3. The van der Waals surface area contributed by atoms with Crippen molar-refractivity contribution in [3.8, 4) is 5.75 Å². The average molecular weight is 607 g/mol. The lowest BCUT2D eigenvalue weighted by atomic mass is 9.93. The van der Waals surface area contributed by atoms with Crippen LogP contribution in [0.3, 0.4) is 0 Å². The molecule has 230 valence electrons. The average Bonchev–Trinajstić information content (AvgIpc) is 3.51. The van der Waals surface area contributed by atoms with E-state index in [0.29, 0.717) is 24.0 Å². The summed E-state index contributed by atoms with van der Waals surface area (Å²) in [4.78, 5) is 27.5. The van der Waals surface area contributed by atoms with Crippen molar-refractivity contribution in [2.75, 3.05) is 32.8 Å². The molecule has 1 saturated heterocycles. The number of hydrogen-bond donors (Lipinski definition) is 2. The molecule has 43 heavy (non-hydrogen) atoms. The van der Waals surface area contributed by atoms with Gasteiger partial charge in [-0.1, -0.05) is 73.1 Å². The molecule has 0 unspecified atom stereocenters. The lowest BCUT2D eigenvalue weighted by Crippen LogP contribution is -2.42. The Labute approximate surface area is 259 Å². The number of carboxylic acid groups (broad SMARTS) is 1. The molecular formula is C34H43ClN4O4. The van der Waals surface area contributed by atoms with Crippen LogP contribution in [0.4, 0.5) is 0 Å². The van der Waals surface area contributed by atoms with Crippen LogP contribution in [0.15, 0.2) is 71.9 Å². The second-order valence-corrected chi connectivity index (χ2v) is 11.3. The van der Waals surface area contributed by atoms with Crippen LogP contribution >= 0.6 is 11.6 Å². The molecule has 1 fully saturated rings. The fourth-order valence-corrected chi connectivity index (χ4v) is 5.27. The Morgan fingerprint density at radius 3 is 2.44 bits per heavy atom. The molecule has 0 aliphatic carbocycles. The van der Waals surface area contributed by atoms with Crippen molar-refractivity contribution in [1.29, 1.82) is 0 Å². The van der Waals surface area contributed by atoms with Crippen LogP contribution in [-0.2, 0) is 17.8 Å². The number of carboxylic acids is 1. The number of nitroso groups, excluding NO2 is 1. The van der Waals surface area contributed by atoms with Gasteiger partial charge in [-0.2, -0.15) is 4.91 Å². The topological polar surface area (TPSA) is 104 Å². The molecule has 3 aromatic carbocycles. The van der Waals surface area contributed by atoms with Crippen LogP contribution in [0.5, 0.6) is 5.75 Å². The third kappa shape index (κ3) is 10.9. The molecule has 0 bridgehead atoms. The largest absolute Gasteiger partial charge is 0.482 e. The highest BCUT2D eigenvalue weighted by atomic mass is 35.5. The molecule has 1 aliphatic heterocycles. The Hall–Kier alpha value is -3.59. The predicted octanol–water partition coefficient (Wildman–Crippen LogP) is 7.49. The normalized spacial score (nSPS) is 13.1. The lowest BCUT2D eigenvalue weighted by Gasteiger charge is -2.26. The van der Waals surface area contributed by atoms with Crippen molar-refractivity contribution in [2.45, 2.75) is 59.0 Å². The molecular weight excluding hydrogens is 564 g/mol. The van der Waals surface area contributed by atoms with Crippen LogP contribution < -0.4 is 10.1 Å². The third-order valence-electron chi connectivity index (χ3n) is 7.03. The number of pyridine rings is 1.